The lowest BCUT2D eigenvalue weighted by Crippen LogP contribution is -2.50. The van der Waals surface area contributed by atoms with E-state index in [1.54, 1.807) is 6.08 Å². The maximum atomic E-state index is 12.7. The van der Waals surface area contributed by atoms with E-state index < -0.39 is 0 Å². The highest BCUT2D eigenvalue weighted by atomic mass is 16.1. The molecule has 0 radical (unpaired) electrons. The molecule has 0 saturated heterocycles. The van der Waals surface area contributed by atoms with Crippen LogP contribution in [-0.4, -0.2) is 18.1 Å². The van der Waals surface area contributed by atoms with Gasteiger partial charge in [-0.15, -0.1) is 0 Å². The second-order valence-corrected chi connectivity index (χ2v) is 9.04. The van der Waals surface area contributed by atoms with Crippen LogP contribution in [0.3, 0.4) is 0 Å². The summed E-state index contributed by atoms with van der Waals surface area (Å²) in [7, 11) is 0. The third kappa shape index (κ3) is 3.00. The molecule has 1 N–H and O–H groups in total. The first-order valence-electron chi connectivity index (χ1n) is 10.1. The van der Waals surface area contributed by atoms with Gasteiger partial charge in [-0.2, -0.15) is 0 Å². The molecule has 0 heterocycles. The molecule has 142 valence electrons. The summed E-state index contributed by atoms with van der Waals surface area (Å²) in [5.41, 5.74) is 2.92. The fourth-order valence-corrected chi connectivity index (χ4v) is 5.69. The Morgan fingerprint density at radius 2 is 1.88 bits per heavy atom. The van der Waals surface area contributed by atoms with Gasteiger partial charge in [0, 0.05) is 18.2 Å². The lowest BCUT2D eigenvalue weighted by molar-refractivity contribution is -0.116. The molecule has 0 aromatic carbocycles. The zero-order valence-electron chi connectivity index (χ0n) is 16.9. The summed E-state index contributed by atoms with van der Waals surface area (Å²) >= 11 is 0. The minimum Gasteiger partial charge on any atom is -0.382 e. The second-order valence-electron chi connectivity index (χ2n) is 9.04. The van der Waals surface area contributed by atoms with Gasteiger partial charge in [-0.3, -0.25) is 9.59 Å². The number of hydrogen-bond acceptors (Lipinski definition) is 3. The quantitative estimate of drug-likeness (QED) is 0.585. The number of carbonyl (C=O) groups is 2. The van der Waals surface area contributed by atoms with Crippen molar-refractivity contribution in [3.05, 3.63) is 35.1 Å². The van der Waals surface area contributed by atoms with Crippen molar-refractivity contribution in [3.63, 3.8) is 0 Å². The largest absolute Gasteiger partial charge is 0.382 e. The van der Waals surface area contributed by atoms with Crippen LogP contribution in [0.15, 0.2) is 35.1 Å². The number of nitrogens with one attached hydrogen (secondary N) is 1. The van der Waals surface area contributed by atoms with Crippen molar-refractivity contribution in [3.8, 4) is 0 Å². The summed E-state index contributed by atoms with van der Waals surface area (Å²) in [5.74, 6) is 1.06. The molecule has 0 aromatic heterocycles. The molecule has 0 amide bonds. The molecule has 1 saturated carbocycles. The average Bonchev–Trinajstić information content (AvgIpc) is 2.58. The fourth-order valence-electron chi connectivity index (χ4n) is 5.69. The van der Waals surface area contributed by atoms with Crippen LogP contribution >= 0.6 is 0 Å². The molecule has 0 unspecified atom stereocenters. The Morgan fingerprint density at radius 1 is 1.15 bits per heavy atom. The van der Waals surface area contributed by atoms with Crippen LogP contribution in [0.1, 0.15) is 66.7 Å². The normalized spacial score (nSPS) is 37.5. The lowest BCUT2D eigenvalue weighted by atomic mass is 9.46. The molecular weight excluding hydrogens is 322 g/mol. The molecule has 3 heteroatoms. The van der Waals surface area contributed by atoms with E-state index in [2.05, 4.69) is 39.1 Å². The minimum absolute atomic E-state index is 0.00400. The molecule has 0 aliphatic heterocycles. The maximum absolute atomic E-state index is 12.7. The third-order valence-corrected chi connectivity index (χ3v) is 7.70. The predicted molar refractivity (Wildman–Crippen MR) is 106 cm³/mol. The lowest BCUT2D eigenvalue weighted by Gasteiger charge is -2.58. The van der Waals surface area contributed by atoms with Gasteiger partial charge in [0.1, 0.15) is 0 Å². The van der Waals surface area contributed by atoms with Crippen molar-refractivity contribution in [2.75, 3.05) is 6.54 Å². The summed E-state index contributed by atoms with van der Waals surface area (Å²) in [6.07, 6.45) is 10.9. The monoisotopic (exact) mass is 355 g/mol. The summed E-state index contributed by atoms with van der Waals surface area (Å²) < 4.78 is 0. The molecule has 26 heavy (non-hydrogen) atoms. The van der Waals surface area contributed by atoms with Gasteiger partial charge in [0.15, 0.2) is 5.78 Å². The molecule has 3 nitrogen and oxygen atoms in total. The van der Waals surface area contributed by atoms with Crippen molar-refractivity contribution in [2.24, 2.45) is 22.7 Å². The van der Waals surface area contributed by atoms with E-state index in [1.807, 2.05) is 6.92 Å². The Labute approximate surface area is 158 Å². The van der Waals surface area contributed by atoms with Crippen LogP contribution in [0, 0.1) is 22.7 Å². The van der Waals surface area contributed by atoms with Gasteiger partial charge in [0.25, 0.3) is 0 Å². The highest BCUT2D eigenvalue weighted by Crippen LogP contribution is 2.62. The number of hydrogen-bond donors (Lipinski definition) is 1. The van der Waals surface area contributed by atoms with Gasteiger partial charge in [0.2, 0.25) is 5.78 Å². The van der Waals surface area contributed by atoms with Gasteiger partial charge in [-0.25, -0.2) is 0 Å². The summed E-state index contributed by atoms with van der Waals surface area (Å²) in [4.78, 5) is 25.1. The SMILES string of the molecule is CCNC1=CC(=O)C(C[C@]2(C)[C@@H](C)CC[C@]3(C)C(C)=CCC[C@@H]23)=CC1=O. The number of rotatable bonds is 4. The van der Waals surface area contributed by atoms with Gasteiger partial charge >= 0.3 is 0 Å². The summed E-state index contributed by atoms with van der Waals surface area (Å²) in [6.45, 7) is 12.0. The fraction of sp³-hybridized carbons (Fsp3) is 0.652. The van der Waals surface area contributed by atoms with Crippen molar-refractivity contribution >= 4 is 11.6 Å². The van der Waals surface area contributed by atoms with Crippen molar-refractivity contribution in [2.45, 2.75) is 66.7 Å². The number of fused-ring (bicyclic) bond motifs is 1. The first kappa shape index (κ1) is 19.1. The van der Waals surface area contributed by atoms with E-state index in [1.165, 1.54) is 30.9 Å². The third-order valence-electron chi connectivity index (χ3n) is 7.70. The number of ketones is 2. The Kier molecular flexibility index (Phi) is 5.02. The topological polar surface area (TPSA) is 46.2 Å². The van der Waals surface area contributed by atoms with Crippen molar-refractivity contribution in [1.29, 1.82) is 0 Å². The van der Waals surface area contributed by atoms with Crippen LogP contribution in [0.25, 0.3) is 0 Å². The predicted octanol–water partition coefficient (Wildman–Crippen LogP) is 4.75. The summed E-state index contributed by atoms with van der Waals surface area (Å²) in [5, 5.41) is 3.00. The molecule has 3 aliphatic rings. The van der Waals surface area contributed by atoms with Gasteiger partial charge in [0.05, 0.1) is 5.70 Å². The van der Waals surface area contributed by atoms with E-state index in [4.69, 9.17) is 0 Å². The number of allylic oxidation sites excluding steroid dienone is 5. The maximum Gasteiger partial charge on any atom is 0.202 e. The zero-order valence-corrected chi connectivity index (χ0v) is 16.9. The first-order chi connectivity index (χ1) is 12.2. The van der Waals surface area contributed by atoms with Crippen LogP contribution in [0.5, 0.6) is 0 Å². The van der Waals surface area contributed by atoms with Gasteiger partial charge in [-0.1, -0.05) is 32.4 Å². The summed E-state index contributed by atoms with van der Waals surface area (Å²) in [6, 6.07) is 0. The number of carbonyl (C=O) groups excluding carboxylic acids is 2. The molecular formula is C23H33NO2. The average molecular weight is 356 g/mol. The Morgan fingerprint density at radius 3 is 2.58 bits per heavy atom. The van der Waals surface area contributed by atoms with Crippen molar-refractivity contribution < 1.29 is 9.59 Å². The van der Waals surface area contributed by atoms with E-state index in [0.29, 0.717) is 36.1 Å². The molecule has 3 aliphatic carbocycles. The highest BCUT2D eigenvalue weighted by molar-refractivity contribution is 6.19. The molecule has 4 atom stereocenters. The first-order valence-corrected chi connectivity index (χ1v) is 10.1. The van der Waals surface area contributed by atoms with E-state index in [0.717, 1.165) is 6.42 Å². The molecule has 0 aromatic rings. The zero-order chi connectivity index (χ0) is 19.1. The van der Waals surface area contributed by atoms with Gasteiger partial charge in [-0.05, 0) is 74.7 Å². The van der Waals surface area contributed by atoms with Crippen LogP contribution in [0.2, 0.25) is 0 Å². The van der Waals surface area contributed by atoms with Crippen LogP contribution in [-0.2, 0) is 9.59 Å². The van der Waals surface area contributed by atoms with Crippen LogP contribution in [0.4, 0.5) is 0 Å². The Hall–Kier alpha value is -1.64. The van der Waals surface area contributed by atoms with Gasteiger partial charge < -0.3 is 5.32 Å². The van der Waals surface area contributed by atoms with Crippen molar-refractivity contribution in [1.82, 2.24) is 5.32 Å². The van der Waals surface area contributed by atoms with E-state index in [-0.39, 0.29) is 22.4 Å². The highest BCUT2D eigenvalue weighted by Gasteiger charge is 2.53. The van der Waals surface area contributed by atoms with E-state index >= 15 is 0 Å². The van der Waals surface area contributed by atoms with Crippen LogP contribution < -0.4 is 5.32 Å². The second kappa shape index (κ2) is 6.83. The smallest absolute Gasteiger partial charge is 0.202 e. The number of likely N-dealkylation sites (N-methyl/N-ethyl adjacent to an activating group) is 1. The Balaban J connectivity index is 1.90. The molecule has 1 fully saturated rings. The van der Waals surface area contributed by atoms with E-state index in [9.17, 15) is 9.59 Å². The minimum atomic E-state index is -0.0593. The molecule has 0 spiro atoms. The molecule has 3 rings (SSSR count). The standard InChI is InChI=1S/C23H33NO2/c1-6-24-18-13-19(25)17(12-20(18)26)14-23(5)16(3)10-11-22(4)15(2)8-7-9-21(22)23/h8,12-13,16,21,24H,6-7,9-11,14H2,1-5H3/t16-,21+,22+,23+/m0/s1. The Bertz CT molecular complexity index is 714. The molecule has 0 bridgehead atoms.